The highest BCUT2D eigenvalue weighted by Gasteiger charge is 2.11. The van der Waals surface area contributed by atoms with Gasteiger partial charge in [-0.2, -0.15) is 10.1 Å². The maximum Gasteiger partial charge on any atom is 0.243 e. The lowest BCUT2D eigenvalue weighted by Gasteiger charge is -2.19. The number of hydrogen-bond donors (Lipinski definition) is 4. The molecule has 0 radical (unpaired) electrons. The molecule has 0 saturated carbocycles. The molecule has 10 heteroatoms. The molecule has 0 saturated heterocycles. The van der Waals surface area contributed by atoms with E-state index in [0.29, 0.717) is 12.4 Å². The van der Waals surface area contributed by atoms with Crippen molar-refractivity contribution < 1.29 is 10.0 Å². The predicted molar refractivity (Wildman–Crippen MR) is 142 cm³/mol. The molecule has 2 aromatic heterocycles. The lowest BCUT2D eigenvalue weighted by Crippen LogP contribution is -2.17. The maximum absolute atomic E-state index is 11.0. The smallest absolute Gasteiger partial charge is 0.243 e. The first-order valence-corrected chi connectivity index (χ1v) is 12.0. The van der Waals surface area contributed by atoms with Crippen molar-refractivity contribution in [2.45, 2.75) is 32.6 Å². The number of anilines is 5. The number of aryl methyl sites for hydroxylation is 2. The lowest BCUT2D eigenvalue weighted by atomic mass is 10.2. The van der Waals surface area contributed by atoms with Gasteiger partial charge in [0, 0.05) is 61.4 Å². The van der Waals surface area contributed by atoms with Gasteiger partial charge in [0.05, 0.1) is 5.52 Å². The molecule has 1 amide bonds. The fourth-order valence-electron chi connectivity index (χ4n) is 3.93. The average molecular weight is 489 g/mol. The summed E-state index contributed by atoms with van der Waals surface area (Å²) in [5.41, 5.74) is 6.65. The second-order valence-electron chi connectivity index (χ2n) is 8.68. The first-order valence-electron chi connectivity index (χ1n) is 12.0. The van der Waals surface area contributed by atoms with Gasteiger partial charge >= 0.3 is 0 Å². The Hall–Kier alpha value is -4.18. The number of nitrogens with zero attached hydrogens (tertiary/aromatic N) is 5. The van der Waals surface area contributed by atoms with Crippen LogP contribution in [0.5, 0.6) is 0 Å². The third-order valence-electron chi connectivity index (χ3n) is 6.16. The number of carbonyl (C=O) groups excluding carboxylic acids is 1. The van der Waals surface area contributed by atoms with Gasteiger partial charge in [0.2, 0.25) is 11.9 Å². The molecule has 0 aliphatic heterocycles. The minimum atomic E-state index is -0.340. The largest absolute Gasteiger partial charge is 0.385 e. The highest BCUT2D eigenvalue weighted by Crippen LogP contribution is 2.27. The fourth-order valence-corrected chi connectivity index (χ4v) is 3.93. The Morgan fingerprint density at radius 1 is 1.06 bits per heavy atom. The van der Waals surface area contributed by atoms with Crippen LogP contribution in [-0.2, 0) is 11.8 Å². The summed E-state index contributed by atoms with van der Waals surface area (Å²) >= 11 is 0. The molecule has 4 N–H and O–H groups in total. The van der Waals surface area contributed by atoms with Crippen molar-refractivity contribution in [3.63, 3.8) is 0 Å². The molecule has 0 spiro atoms. The van der Waals surface area contributed by atoms with Crippen LogP contribution in [0.15, 0.2) is 54.7 Å². The number of fused-ring (bicyclic) bond motifs is 1. The van der Waals surface area contributed by atoms with E-state index >= 15 is 0 Å². The lowest BCUT2D eigenvalue weighted by molar-refractivity contribution is -0.129. The summed E-state index contributed by atoms with van der Waals surface area (Å²) in [6.45, 7) is 2.88. The van der Waals surface area contributed by atoms with Gasteiger partial charge < -0.3 is 15.5 Å². The zero-order chi connectivity index (χ0) is 25.5. The van der Waals surface area contributed by atoms with Crippen LogP contribution < -0.4 is 21.0 Å². The topological polar surface area (TPSA) is 120 Å². The Morgan fingerprint density at radius 2 is 1.83 bits per heavy atom. The van der Waals surface area contributed by atoms with E-state index in [1.807, 2.05) is 54.0 Å². The van der Waals surface area contributed by atoms with Gasteiger partial charge in [0.15, 0.2) is 0 Å². The first-order chi connectivity index (χ1) is 17.4. The Balaban J connectivity index is 1.32. The zero-order valence-electron chi connectivity index (χ0n) is 20.8. The molecular weight excluding hydrogens is 456 g/mol. The third kappa shape index (κ3) is 6.08. The number of unbranched alkanes of at least 4 members (excludes halogenated alkanes) is 2. The van der Waals surface area contributed by atoms with Crippen LogP contribution in [0.1, 0.15) is 31.4 Å². The number of aromatic nitrogens is 4. The number of carbonyl (C=O) groups is 1. The van der Waals surface area contributed by atoms with Gasteiger partial charge in [-0.15, -0.1) is 0 Å². The quantitative estimate of drug-likeness (QED) is 0.137. The van der Waals surface area contributed by atoms with E-state index in [4.69, 9.17) is 5.21 Å². The van der Waals surface area contributed by atoms with Gasteiger partial charge in [-0.1, -0.05) is 6.42 Å². The molecule has 2 heterocycles. The Kier molecular flexibility index (Phi) is 7.96. The molecule has 188 valence electrons. The van der Waals surface area contributed by atoms with Crippen LogP contribution in [0, 0.1) is 6.92 Å². The number of hydroxylamine groups is 1. The second-order valence-corrected chi connectivity index (χ2v) is 8.68. The molecule has 10 nitrogen and oxygen atoms in total. The first kappa shape index (κ1) is 24.9. The second kappa shape index (κ2) is 11.5. The number of nitrogens with one attached hydrogen (secondary N) is 3. The molecule has 0 unspecified atom stereocenters. The van der Waals surface area contributed by atoms with Crippen LogP contribution in [0.3, 0.4) is 0 Å². The summed E-state index contributed by atoms with van der Waals surface area (Å²) in [7, 11) is 3.93. The number of benzene rings is 2. The number of amides is 1. The van der Waals surface area contributed by atoms with Crippen LogP contribution in [0.25, 0.3) is 10.9 Å². The SMILES string of the molecule is Cc1c2ccc(N(C)c3ccnc(Nc4ccc(NCCCCCC(=O)NO)cc4)n3)cc2nn1C. The van der Waals surface area contributed by atoms with E-state index in [-0.39, 0.29) is 5.91 Å². The summed E-state index contributed by atoms with van der Waals surface area (Å²) in [6.07, 6.45) is 4.69. The molecule has 0 bridgehead atoms. The minimum Gasteiger partial charge on any atom is -0.385 e. The van der Waals surface area contributed by atoms with Crippen molar-refractivity contribution in [1.29, 1.82) is 0 Å². The van der Waals surface area contributed by atoms with E-state index in [2.05, 4.69) is 50.8 Å². The third-order valence-corrected chi connectivity index (χ3v) is 6.16. The molecule has 2 aromatic carbocycles. The molecular formula is C26H32N8O2. The van der Waals surface area contributed by atoms with E-state index in [1.54, 1.807) is 11.7 Å². The Labute approximate surface area is 210 Å². The fraction of sp³-hybridized carbons (Fsp3) is 0.308. The Morgan fingerprint density at radius 3 is 2.61 bits per heavy atom. The summed E-state index contributed by atoms with van der Waals surface area (Å²) < 4.78 is 1.89. The van der Waals surface area contributed by atoms with Gasteiger partial charge in [-0.25, -0.2) is 10.5 Å². The molecule has 0 fully saturated rings. The maximum atomic E-state index is 11.0. The van der Waals surface area contributed by atoms with Crippen molar-refractivity contribution in [3.8, 4) is 0 Å². The van der Waals surface area contributed by atoms with Crippen molar-refractivity contribution in [3.05, 3.63) is 60.4 Å². The van der Waals surface area contributed by atoms with E-state index in [9.17, 15) is 4.79 Å². The van der Waals surface area contributed by atoms with Crippen LogP contribution in [0.2, 0.25) is 0 Å². The van der Waals surface area contributed by atoms with Crippen LogP contribution in [0.4, 0.5) is 28.8 Å². The van der Waals surface area contributed by atoms with Crippen LogP contribution in [-0.4, -0.2) is 44.5 Å². The summed E-state index contributed by atoms with van der Waals surface area (Å²) in [5.74, 6) is 0.948. The van der Waals surface area contributed by atoms with Crippen molar-refractivity contribution in [2.75, 3.05) is 29.1 Å². The van der Waals surface area contributed by atoms with Crippen LogP contribution >= 0.6 is 0 Å². The highest BCUT2D eigenvalue weighted by molar-refractivity contribution is 5.85. The number of rotatable bonds is 11. The molecule has 0 aliphatic carbocycles. The van der Waals surface area contributed by atoms with Crippen molar-refractivity contribution in [1.82, 2.24) is 25.2 Å². The zero-order valence-corrected chi connectivity index (χ0v) is 20.8. The summed E-state index contributed by atoms with van der Waals surface area (Å²) in [4.78, 5) is 22.1. The number of hydrogen-bond acceptors (Lipinski definition) is 8. The molecule has 4 rings (SSSR count). The molecule has 36 heavy (non-hydrogen) atoms. The Bertz CT molecular complexity index is 1320. The van der Waals surface area contributed by atoms with Gasteiger partial charge in [-0.05, 0) is 68.3 Å². The standard InChI is InChI=1S/C26H32N8O2/c1-18-22-13-12-21(17-23(22)31-34(18)3)33(2)24-14-16-28-26(30-24)29-20-10-8-19(9-11-20)27-15-6-4-5-7-25(35)32-36/h8-14,16-17,27,36H,4-7,15H2,1-3H3,(H,32,35)(H,28,29,30). The average Bonchev–Trinajstić information content (AvgIpc) is 3.19. The molecule has 4 aromatic rings. The minimum absolute atomic E-state index is 0.340. The van der Waals surface area contributed by atoms with Gasteiger partial charge in [0.1, 0.15) is 5.82 Å². The summed E-state index contributed by atoms with van der Waals surface area (Å²) in [5, 5.41) is 20.9. The monoisotopic (exact) mass is 488 g/mol. The van der Waals surface area contributed by atoms with Crippen molar-refractivity contribution >= 4 is 45.6 Å². The predicted octanol–water partition coefficient (Wildman–Crippen LogP) is 4.66. The normalized spacial score (nSPS) is 10.9. The molecule has 0 atom stereocenters. The molecule has 0 aliphatic rings. The van der Waals surface area contributed by atoms with Gasteiger partial charge in [0.25, 0.3) is 0 Å². The van der Waals surface area contributed by atoms with Crippen molar-refractivity contribution in [2.24, 2.45) is 7.05 Å². The van der Waals surface area contributed by atoms with Gasteiger partial charge in [-0.3, -0.25) is 14.7 Å². The van der Waals surface area contributed by atoms with E-state index in [0.717, 1.165) is 65.3 Å². The summed E-state index contributed by atoms with van der Waals surface area (Å²) in [6, 6.07) is 16.1. The van der Waals surface area contributed by atoms with E-state index in [1.165, 1.54) is 0 Å². The highest BCUT2D eigenvalue weighted by atomic mass is 16.5. The van der Waals surface area contributed by atoms with E-state index < -0.39 is 0 Å².